The van der Waals surface area contributed by atoms with Crippen molar-refractivity contribution in [1.29, 1.82) is 0 Å². The summed E-state index contributed by atoms with van der Waals surface area (Å²) in [6.07, 6.45) is 1.20. The van der Waals surface area contributed by atoms with Gasteiger partial charge in [0.2, 0.25) is 0 Å². The van der Waals surface area contributed by atoms with Crippen LogP contribution in [0.1, 0.15) is 44.4 Å². The molecule has 3 nitrogen and oxygen atoms in total. The molecule has 1 rings (SSSR count). The fourth-order valence-corrected chi connectivity index (χ4v) is 2.04. The molecule has 0 aromatic heterocycles. The molecule has 0 bridgehead atoms. The molecule has 0 aliphatic carbocycles. The van der Waals surface area contributed by atoms with Crippen LogP contribution in [-0.2, 0) is 11.3 Å². The van der Waals surface area contributed by atoms with E-state index in [1.54, 1.807) is 14.2 Å². The molecule has 19 heavy (non-hydrogen) atoms. The van der Waals surface area contributed by atoms with Gasteiger partial charge in [0.1, 0.15) is 5.75 Å². The van der Waals surface area contributed by atoms with Crippen LogP contribution >= 0.6 is 0 Å². The standard InChI is InChI=1S/C16H27NO2/c1-12(2)8-9-17-13(3)14-6-7-16(19-5)15(10-14)11-18-4/h6-7,10,12-13,17H,8-9,11H2,1-5H3. The minimum Gasteiger partial charge on any atom is -0.496 e. The lowest BCUT2D eigenvalue weighted by Gasteiger charge is -2.17. The van der Waals surface area contributed by atoms with Crippen LogP contribution in [0.4, 0.5) is 0 Å². The van der Waals surface area contributed by atoms with Crippen molar-refractivity contribution in [1.82, 2.24) is 5.32 Å². The maximum Gasteiger partial charge on any atom is 0.124 e. The van der Waals surface area contributed by atoms with Gasteiger partial charge >= 0.3 is 0 Å². The lowest BCUT2D eigenvalue weighted by molar-refractivity contribution is 0.181. The van der Waals surface area contributed by atoms with Gasteiger partial charge in [-0.05, 0) is 43.5 Å². The third kappa shape index (κ3) is 5.21. The van der Waals surface area contributed by atoms with Gasteiger partial charge in [0, 0.05) is 18.7 Å². The monoisotopic (exact) mass is 265 g/mol. The minimum atomic E-state index is 0.347. The van der Waals surface area contributed by atoms with E-state index < -0.39 is 0 Å². The van der Waals surface area contributed by atoms with Crippen molar-refractivity contribution in [3.05, 3.63) is 29.3 Å². The van der Waals surface area contributed by atoms with Crippen LogP contribution in [0.2, 0.25) is 0 Å². The van der Waals surface area contributed by atoms with Crippen LogP contribution in [0, 0.1) is 5.92 Å². The van der Waals surface area contributed by atoms with Crippen molar-refractivity contribution in [3.63, 3.8) is 0 Å². The molecule has 0 spiro atoms. The smallest absolute Gasteiger partial charge is 0.124 e. The molecule has 0 aliphatic rings. The highest BCUT2D eigenvalue weighted by molar-refractivity contribution is 5.38. The molecule has 0 amide bonds. The lowest BCUT2D eigenvalue weighted by atomic mass is 10.0. The van der Waals surface area contributed by atoms with E-state index in [-0.39, 0.29) is 0 Å². The van der Waals surface area contributed by atoms with Gasteiger partial charge in [-0.3, -0.25) is 0 Å². The molecular weight excluding hydrogens is 238 g/mol. The predicted octanol–water partition coefficient (Wildman–Crippen LogP) is 3.54. The highest BCUT2D eigenvalue weighted by atomic mass is 16.5. The summed E-state index contributed by atoms with van der Waals surface area (Å²) in [7, 11) is 3.40. The number of benzene rings is 1. The first-order chi connectivity index (χ1) is 9.08. The summed E-state index contributed by atoms with van der Waals surface area (Å²) in [6, 6.07) is 6.64. The first-order valence-electron chi connectivity index (χ1n) is 6.97. The molecule has 0 fully saturated rings. The zero-order valence-corrected chi connectivity index (χ0v) is 12.8. The van der Waals surface area contributed by atoms with Gasteiger partial charge < -0.3 is 14.8 Å². The molecule has 1 atom stereocenters. The Balaban J connectivity index is 2.68. The van der Waals surface area contributed by atoms with Gasteiger partial charge in [-0.1, -0.05) is 19.9 Å². The normalized spacial score (nSPS) is 12.7. The number of nitrogens with one attached hydrogen (secondary N) is 1. The number of methoxy groups -OCH3 is 2. The highest BCUT2D eigenvalue weighted by Gasteiger charge is 2.09. The molecule has 1 unspecified atom stereocenters. The van der Waals surface area contributed by atoms with Gasteiger partial charge in [-0.25, -0.2) is 0 Å². The van der Waals surface area contributed by atoms with Gasteiger partial charge in [0.05, 0.1) is 13.7 Å². The number of ether oxygens (including phenoxy) is 2. The van der Waals surface area contributed by atoms with E-state index in [1.807, 2.05) is 6.07 Å². The van der Waals surface area contributed by atoms with Crippen molar-refractivity contribution in [2.75, 3.05) is 20.8 Å². The zero-order chi connectivity index (χ0) is 14.3. The quantitative estimate of drug-likeness (QED) is 0.780. The van der Waals surface area contributed by atoms with E-state index in [4.69, 9.17) is 9.47 Å². The topological polar surface area (TPSA) is 30.5 Å². The molecule has 0 aliphatic heterocycles. The summed E-state index contributed by atoms with van der Waals surface area (Å²) >= 11 is 0. The summed E-state index contributed by atoms with van der Waals surface area (Å²) in [5.41, 5.74) is 2.37. The van der Waals surface area contributed by atoms with Crippen molar-refractivity contribution < 1.29 is 9.47 Å². The van der Waals surface area contributed by atoms with Crippen LogP contribution in [0.3, 0.4) is 0 Å². The summed E-state index contributed by atoms with van der Waals surface area (Å²) in [6.45, 7) is 8.31. The predicted molar refractivity (Wildman–Crippen MR) is 79.6 cm³/mol. The molecule has 1 aromatic rings. The molecule has 0 saturated heterocycles. The van der Waals surface area contributed by atoms with E-state index in [9.17, 15) is 0 Å². The molecule has 108 valence electrons. The van der Waals surface area contributed by atoms with E-state index >= 15 is 0 Å². The van der Waals surface area contributed by atoms with Crippen LogP contribution in [-0.4, -0.2) is 20.8 Å². The second-order valence-electron chi connectivity index (χ2n) is 5.36. The van der Waals surface area contributed by atoms with Gasteiger partial charge in [-0.2, -0.15) is 0 Å². The average molecular weight is 265 g/mol. The highest BCUT2D eigenvalue weighted by Crippen LogP contribution is 2.24. The number of rotatable bonds is 8. The van der Waals surface area contributed by atoms with E-state index in [1.165, 1.54) is 12.0 Å². The summed E-state index contributed by atoms with van der Waals surface area (Å²) < 4.78 is 10.6. The van der Waals surface area contributed by atoms with Crippen molar-refractivity contribution >= 4 is 0 Å². The summed E-state index contributed by atoms with van der Waals surface area (Å²) in [5.74, 6) is 1.62. The Morgan fingerprint density at radius 2 is 1.89 bits per heavy atom. The number of hydrogen-bond donors (Lipinski definition) is 1. The summed E-state index contributed by atoms with van der Waals surface area (Å²) in [5, 5.41) is 3.56. The molecular formula is C16H27NO2. The third-order valence-corrected chi connectivity index (χ3v) is 3.28. The van der Waals surface area contributed by atoms with Crippen LogP contribution in [0.5, 0.6) is 5.75 Å². The molecule has 1 aromatic carbocycles. The van der Waals surface area contributed by atoms with Crippen molar-refractivity contribution in [2.24, 2.45) is 5.92 Å². The van der Waals surface area contributed by atoms with E-state index in [2.05, 4.69) is 38.2 Å². The molecule has 0 heterocycles. The Morgan fingerprint density at radius 3 is 2.47 bits per heavy atom. The molecule has 0 radical (unpaired) electrons. The first-order valence-corrected chi connectivity index (χ1v) is 6.97. The fourth-order valence-electron chi connectivity index (χ4n) is 2.04. The Morgan fingerprint density at radius 1 is 1.16 bits per heavy atom. The Hall–Kier alpha value is -1.06. The van der Waals surface area contributed by atoms with Gasteiger partial charge in [0.15, 0.2) is 0 Å². The van der Waals surface area contributed by atoms with Crippen molar-refractivity contribution in [3.8, 4) is 5.75 Å². The fraction of sp³-hybridized carbons (Fsp3) is 0.625. The summed E-state index contributed by atoms with van der Waals surface area (Å²) in [4.78, 5) is 0. The second kappa shape index (κ2) is 8.18. The maximum atomic E-state index is 5.34. The van der Waals surface area contributed by atoms with E-state index in [0.29, 0.717) is 12.6 Å². The second-order valence-corrected chi connectivity index (χ2v) is 5.36. The third-order valence-electron chi connectivity index (χ3n) is 3.28. The van der Waals surface area contributed by atoms with E-state index in [0.717, 1.165) is 23.8 Å². The SMILES string of the molecule is COCc1cc(C(C)NCCC(C)C)ccc1OC. The molecule has 1 N–H and O–H groups in total. The Bertz CT molecular complexity index is 377. The van der Waals surface area contributed by atoms with Crippen LogP contribution in [0.25, 0.3) is 0 Å². The van der Waals surface area contributed by atoms with Crippen molar-refractivity contribution in [2.45, 2.75) is 39.8 Å². The van der Waals surface area contributed by atoms with Gasteiger partial charge in [-0.15, -0.1) is 0 Å². The average Bonchev–Trinajstić information content (AvgIpc) is 2.38. The van der Waals surface area contributed by atoms with Crippen LogP contribution < -0.4 is 10.1 Å². The Labute approximate surface area is 117 Å². The number of hydrogen-bond acceptors (Lipinski definition) is 3. The van der Waals surface area contributed by atoms with Crippen LogP contribution in [0.15, 0.2) is 18.2 Å². The minimum absolute atomic E-state index is 0.347. The zero-order valence-electron chi connectivity index (χ0n) is 12.8. The van der Waals surface area contributed by atoms with Gasteiger partial charge in [0.25, 0.3) is 0 Å². The molecule has 0 saturated carbocycles. The largest absolute Gasteiger partial charge is 0.496 e. The first kappa shape index (κ1) is 16.0. The molecule has 3 heteroatoms. The lowest BCUT2D eigenvalue weighted by Crippen LogP contribution is -2.21. The Kier molecular flexibility index (Phi) is 6.89. The maximum absolute atomic E-state index is 5.34.